The highest BCUT2D eigenvalue weighted by Gasteiger charge is 2.57. The Balaban J connectivity index is 1.44. The van der Waals surface area contributed by atoms with Gasteiger partial charge in [0.25, 0.3) is 11.4 Å². The van der Waals surface area contributed by atoms with Crippen LogP contribution in [0.15, 0.2) is 121 Å². The number of nitrogens with two attached hydrogens (primary N) is 1. The zero-order valence-electron chi connectivity index (χ0n) is 26.7. The number of aromatic nitrogens is 1. The molecule has 0 bridgehead atoms. The summed E-state index contributed by atoms with van der Waals surface area (Å²) in [5.41, 5.74) is 6.89. The Bertz CT molecular complexity index is 1810. The molecule has 11 nitrogen and oxygen atoms in total. The van der Waals surface area contributed by atoms with Gasteiger partial charge >= 0.3 is 17.9 Å². The summed E-state index contributed by atoms with van der Waals surface area (Å²) >= 11 is 0. The van der Waals surface area contributed by atoms with Gasteiger partial charge in [0, 0.05) is 29.9 Å². The summed E-state index contributed by atoms with van der Waals surface area (Å²) in [6, 6.07) is 32.2. The number of hydrogen-bond donors (Lipinski definition) is 3. The molecule has 0 aliphatic heterocycles. The highest BCUT2D eigenvalue weighted by molar-refractivity contribution is 6.08. The first-order valence-corrected chi connectivity index (χ1v) is 15.7. The van der Waals surface area contributed by atoms with E-state index >= 15 is 0 Å². The third-order valence-corrected chi connectivity index (χ3v) is 8.04. The number of H-pyrrole nitrogens is 1. The zero-order chi connectivity index (χ0) is 34.6. The average molecular weight is 664 g/mol. The summed E-state index contributed by atoms with van der Waals surface area (Å²) in [4.78, 5) is 58.1. The smallest absolute Gasteiger partial charge is 0.346 e. The lowest BCUT2D eigenvalue weighted by Crippen LogP contribution is -2.64. The fourth-order valence-electron chi connectivity index (χ4n) is 5.31. The second-order valence-corrected chi connectivity index (χ2v) is 11.5. The number of para-hydroxylation sites is 1. The first-order valence-electron chi connectivity index (χ1n) is 15.7. The molecule has 0 aliphatic carbocycles. The van der Waals surface area contributed by atoms with Crippen LogP contribution in [0.3, 0.4) is 0 Å². The number of nitrogens with zero attached hydrogens (tertiary/aromatic N) is 1. The minimum Gasteiger partial charge on any atom is -0.461 e. The fourth-order valence-corrected chi connectivity index (χ4v) is 5.31. The van der Waals surface area contributed by atoms with Crippen molar-refractivity contribution in [2.75, 3.05) is 0 Å². The number of esters is 3. The molecule has 4 aromatic carbocycles. The van der Waals surface area contributed by atoms with Crippen LogP contribution >= 0.6 is 0 Å². The number of aromatic amines is 1. The van der Waals surface area contributed by atoms with Gasteiger partial charge in [-0.15, -0.1) is 0 Å². The first-order chi connectivity index (χ1) is 23.8. The summed E-state index contributed by atoms with van der Waals surface area (Å²) in [5, 5.41) is 12.4. The van der Waals surface area contributed by atoms with Crippen molar-refractivity contribution < 1.29 is 38.6 Å². The van der Waals surface area contributed by atoms with E-state index in [1.54, 1.807) is 91.1 Å². The van der Waals surface area contributed by atoms with Gasteiger partial charge in [-0.05, 0) is 34.7 Å². The van der Waals surface area contributed by atoms with Crippen LogP contribution in [0.25, 0.3) is 10.9 Å². The molecule has 0 aliphatic rings. The van der Waals surface area contributed by atoms with Gasteiger partial charge in [0.05, 0.1) is 6.04 Å². The number of fused-ring (bicyclic) bond motifs is 1. The normalized spacial score (nSPS) is 11.8. The standard InChI is InChI=1S/C38H37N3O8/c39-32(22-30-23-40-33-19-11-10-18-31(30)33)35(43)41(46)38(36(44)48-25-28-14-6-2-7-15-28,37(45)49-26-29-16-8-3-9-17-29)21-20-34(42)47-24-27-12-4-1-5-13-27/h1-19,23,32,40,46H,20-22,24-26,39H2/t32-/m0/s1. The Morgan fingerprint density at radius 2 is 1.16 bits per heavy atom. The van der Waals surface area contributed by atoms with Gasteiger partial charge in [0.15, 0.2) is 0 Å². The molecule has 49 heavy (non-hydrogen) atoms. The van der Waals surface area contributed by atoms with E-state index in [4.69, 9.17) is 19.9 Å². The van der Waals surface area contributed by atoms with Gasteiger partial charge in [-0.2, -0.15) is 5.06 Å². The minimum atomic E-state index is -2.82. The van der Waals surface area contributed by atoms with E-state index in [-0.39, 0.29) is 31.3 Å². The van der Waals surface area contributed by atoms with Crippen molar-refractivity contribution in [3.8, 4) is 0 Å². The number of rotatable bonds is 15. The van der Waals surface area contributed by atoms with Crippen molar-refractivity contribution in [1.29, 1.82) is 0 Å². The van der Waals surface area contributed by atoms with Crippen LogP contribution in [0.5, 0.6) is 0 Å². The number of ether oxygens (including phenoxy) is 3. The number of carbonyl (C=O) groups excluding carboxylic acids is 4. The minimum absolute atomic E-state index is 0.0301. The Kier molecular flexibility index (Phi) is 11.5. The molecular formula is C38H37N3O8. The molecule has 4 N–H and O–H groups in total. The second kappa shape index (κ2) is 16.4. The summed E-state index contributed by atoms with van der Waals surface area (Å²) in [5.74, 6) is -4.55. The van der Waals surface area contributed by atoms with Gasteiger partial charge in [-0.3, -0.25) is 14.8 Å². The van der Waals surface area contributed by atoms with E-state index in [2.05, 4.69) is 4.98 Å². The lowest BCUT2D eigenvalue weighted by Gasteiger charge is -2.36. The van der Waals surface area contributed by atoms with Crippen molar-refractivity contribution in [2.24, 2.45) is 5.73 Å². The Labute approximate surface area is 283 Å². The molecule has 252 valence electrons. The molecule has 0 saturated carbocycles. The summed E-state index contributed by atoms with van der Waals surface area (Å²) in [7, 11) is 0. The molecule has 1 aromatic heterocycles. The topological polar surface area (TPSA) is 161 Å². The Morgan fingerprint density at radius 1 is 0.694 bits per heavy atom. The highest BCUT2D eigenvalue weighted by Crippen LogP contribution is 2.28. The molecule has 0 spiro atoms. The molecule has 1 atom stereocenters. The summed E-state index contributed by atoms with van der Waals surface area (Å²) in [6.45, 7) is -0.661. The molecule has 1 heterocycles. The maximum absolute atomic E-state index is 14.1. The van der Waals surface area contributed by atoms with Crippen LogP contribution in [0.2, 0.25) is 0 Å². The van der Waals surface area contributed by atoms with Crippen LogP contribution in [0.1, 0.15) is 35.1 Å². The van der Waals surface area contributed by atoms with E-state index in [1.165, 1.54) is 0 Å². The lowest BCUT2D eigenvalue weighted by atomic mass is 9.91. The molecule has 1 amide bonds. The molecule has 5 rings (SSSR count). The van der Waals surface area contributed by atoms with Gasteiger partial charge in [-0.25, -0.2) is 9.59 Å². The number of hydrogen-bond acceptors (Lipinski definition) is 9. The number of nitrogens with one attached hydrogen (secondary N) is 1. The predicted octanol–water partition coefficient (Wildman–Crippen LogP) is 5.00. The van der Waals surface area contributed by atoms with E-state index in [1.807, 2.05) is 30.3 Å². The maximum atomic E-state index is 14.1. The third-order valence-electron chi connectivity index (χ3n) is 8.04. The predicted molar refractivity (Wildman–Crippen MR) is 179 cm³/mol. The summed E-state index contributed by atoms with van der Waals surface area (Å²) in [6.07, 6.45) is 0.366. The molecule has 11 heteroatoms. The lowest BCUT2D eigenvalue weighted by molar-refractivity contribution is -0.220. The van der Waals surface area contributed by atoms with E-state index < -0.39 is 48.2 Å². The van der Waals surface area contributed by atoms with Crippen LogP contribution in [0, 0.1) is 0 Å². The third kappa shape index (κ3) is 8.58. The average Bonchev–Trinajstić information content (AvgIpc) is 3.55. The van der Waals surface area contributed by atoms with E-state index in [0.717, 1.165) is 10.9 Å². The first kappa shape index (κ1) is 34.6. The highest BCUT2D eigenvalue weighted by atomic mass is 16.6. The molecule has 0 fully saturated rings. The monoisotopic (exact) mass is 663 g/mol. The number of amides is 1. The molecule has 5 aromatic rings. The zero-order valence-corrected chi connectivity index (χ0v) is 26.7. The van der Waals surface area contributed by atoms with Crippen LogP contribution in [0.4, 0.5) is 0 Å². The Morgan fingerprint density at radius 3 is 1.69 bits per heavy atom. The quantitative estimate of drug-likeness (QED) is 0.0460. The van der Waals surface area contributed by atoms with E-state index in [9.17, 15) is 24.4 Å². The van der Waals surface area contributed by atoms with Crippen molar-refractivity contribution >= 4 is 34.7 Å². The van der Waals surface area contributed by atoms with Gasteiger partial charge in [-0.1, -0.05) is 109 Å². The maximum Gasteiger partial charge on any atom is 0.346 e. The SMILES string of the molecule is N[C@@H](Cc1c[nH]c2ccccc12)C(=O)N(O)C(CCC(=O)OCc1ccccc1)(C(=O)OCc1ccccc1)C(=O)OCc1ccccc1. The molecule has 0 saturated heterocycles. The van der Waals surface area contributed by atoms with E-state index in [0.29, 0.717) is 22.3 Å². The summed E-state index contributed by atoms with van der Waals surface area (Å²) < 4.78 is 16.5. The molecular weight excluding hydrogens is 626 g/mol. The number of hydroxylamine groups is 2. The van der Waals surface area contributed by atoms with Gasteiger partial charge in [0.2, 0.25) is 0 Å². The van der Waals surface area contributed by atoms with Gasteiger partial charge in [0.1, 0.15) is 19.8 Å². The van der Waals surface area contributed by atoms with Crippen LogP contribution in [-0.2, 0) is 59.6 Å². The van der Waals surface area contributed by atoms with Crippen molar-refractivity contribution in [3.63, 3.8) is 0 Å². The Hall–Kier alpha value is -5.78. The second-order valence-electron chi connectivity index (χ2n) is 11.5. The van der Waals surface area contributed by atoms with Crippen LogP contribution in [-0.4, -0.2) is 50.7 Å². The van der Waals surface area contributed by atoms with Crippen LogP contribution < -0.4 is 5.73 Å². The number of benzene rings is 4. The largest absolute Gasteiger partial charge is 0.461 e. The van der Waals surface area contributed by atoms with Crippen molar-refractivity contribution in [1.82, 2.24) is 10.0 Å². The molecule has 0 unspecified atom stereocenters. The number of carbonyl (C=O) groups is 4. The van der Waals surface area contributed by atoms with Crippen molar-refractivity contribution in [2.45, 2.75) is 50.7 Å². The van der Waals surface area contributed by atoms with Gasteiger partial charge < -0.3 is 24.9 Å². The van der Waals surface area contributed by atoms with Crippen molar-refractivity contribution in [3.05, 3.63) is 144 Å². The molecule has 0 radical (unpaired) electrons. The fraction of sp³-hybridized carbons (Fsp3) is 0.211.